The monoisotopic (exact) mass is 267 g/mol. The zero-order valence-corrected chi connectivity index (χ0v) is 11.8. The van der Waals surface area contributed by atoms with Gasteiger partial charge in [-0.05, 0) is 37.8 Å². The van der Waals surface area contributed by atoms with Gasteiger partial charge >= 0.3 is 0 Å². The molecule has 100 valence electrons. The van der Waals surface area contributed by atoms with Crippen molar-refractivity contribution in [2.24, 2.45) is 5.92 Å². The van der Waals surface area contributed by atoms with Crippen LogP contribution in [0.15, 0.2) is 17.6 Å². The molecule has 2 N–H and O–H groups in total. The maximum absolute atomic E-state index is 9.72. The van der Waals surface area contributed by atoms with E-state index in [1.807, 2.05) is 19.3 Å². The number of aromatic nitrogens is 2. The topological polar surface area (TPSA) is 58.0 Å². The normalized spacial score (nSPS) is 18.6. The second-order valence-corrected chi connectivity index (χ2v) is 5.89. The van der Waals surface area contributed by atoms with Gasteiger partial charge in [0.05, 0.1) is 12.1 Å². The fraction of sp³-hybridized carbons (Fsp3) is 0.692. The fourth-order valence-electron chi connectivity index (χ4n) is 2.18. The minimum Gasteiger partial charge on any atom is -0.394 e. The molecule has 0 saturated heterocycles. The van der Waals surface area contributed by atoms with Crippen LogP contribution in [0.1, 0.15) is 25.3 Å². The van der Waals surface area contributed by atoms with Crippen LogP contribution in [0.5, 0.6) is 0 Å². The maximum Gasteiger partial charge on any atom is 0.187 e. The minimum atomic E-state index is -0.159. The lowest BCUT2D eigenvalue weighted by Crippen LogP contribution is -2.52. The van der Waals surface area contributed by atoms with Gasteiger partial charge in [0.2, 0.25) is 0 Å². The van der Waals surface area contributed by atoms with Crippen molar-refractivity contribution in [1.82, 2.24) is 15.3 Å². The quantitative estimate of drug-likeness (QED) is 0.581. The highest BCUT2D eigenvalue weighted by molar-refractivity contribution is 7.99. The Morgan fingerprint density at radius 1 is 1.44 bits per heavy atom. The van der Waals surface area contributed by atoms with E-state index in [1.165, 1.54) is 12.8 Å². The first-order chi connectivity index (χ1) is 8.70. The average molecular weight is 267 g/mol. The molecule has 1 fully saturated rings. The molecule has 18 heavy (non-hydrogen) atoms. The Morgan fingerprint density at radius 2 is 2.11 bits per heavy atom. The number of nitrogens with zero attached hydrogens (tertiary/aromatic N) is 2. The van der Waals surface area contributed by atoms with E-state index in [2.05, 4.69) is 22.2 Å². The van der Waals surface area contributed by atoms with Gasteiger partial charge in [-0.25, -0.2) is 9.97 Å². The molecule has 0 bridgehead atoms. The first kappa shape index (κ1) is 13.8. The van der Waals surface area contributed by atoms with Crippen LogP contribution < -0.4 is 5.32 Å². The molecule has 1 atom stereocenters. The Bertz CT molecular complexity index is 380. The molecule has 5 heteroatoms. The van der Waals surface area contributed by atoms with Crippen LogP contribution in [-0.4, -0.2) is 39.5 Å². The van der Waals surface area contributed by atoms with Gasteiger partial charge in [0.15, 0.2) is 5.16 Å². The minimum absolute atomic E-state index is 0.159. The lowest BCUT2D eigenvalue weighted by molar-refractivity contribution is 0.161. The second-order valence-electron chi connectivity index (χ2n) is 4.95. The molecule has 0 amide bonds. The number of aliphatic hydroxyl groups excluding tert-OH is 1. The van der Waals surface area contributed by atoms with Crippen molar-refractivity contribution in [3.05, 3.63) is 18.0 Å². The smallest absolute Gasteiger partial charge is 0.187 e. The molecule has 1 aliphatic carbocycles. The van der Waals surface area contributed by atoms with Gasteiger partial charge in [0, 0.05) is 18.1 Å². The maximum atomic E-state index is 9.72. The van der Waals surface area contributed by atoms with Crippen molar-refractivity contribution in [3.63, 3.8) is 0 Å². The van der Waals surface area contributed by atoms with Crippen LogP contribution in [0.25, 0.3) is 0 Å². The van der Waals surface area contributed by atoms with Crippen LogP contribution in [0.2, 0.25) is 0 Å². The molecule has 0 aliphatic heterocycles. The number of likely N-dealkylation sites (N-methyl/N-ethyl adjacent to an activating group) is 1. The van der Waals surface area contributed by atoms with Crippen molar-refractivity contribution in [1.29, 1.82) is 0 Å². The van der Waals surface area contributed by atoms with E-state index >= 15 is 0 Å². The van der Waals surface area contributed by atoms with Gasteiger partial charge in [0.25, 0.3) is 0 Å². The van der Waals surface area contributed by atoms with Crippen molar-refractivity contribution in [2.75, 3.05) is 18.9 Å². The number of aliphatic hydroxyl groups is 1. The summed E-state index contributed by atoms with van der Waals surface area (Å²) in [5.41, 5.74) is 0.912. The molecule has 1 aromatic rings. The standard InChI is InChI=1S/C13H21N3OS/c1-3-16-13(8-17,11-4-5-11)9-18-12-14-6-10(2)7-15-12/h6-7,11,16-17H,3-5,8-9H2,1-2H3. The van der Waals surface area contributed by atoms with Gasteiger partial charge < -0.3 is 10.4 Å². The molecule has 1 heterocycles. The lowest BCUT2D eigenvalue weighted by Gasteiger charge is -2.32. The van der Waals surface area contributed by atoms with Crippen molar-refractivity contribution in [2.45, 2.75) is 37.4 Å². The molecule has 1 saturated carbocycles. The third-order valence-electron chi connectivity index (χ3n) is 3.39. The lowest BCUT2D eigenvalue weighted by atomic mass is 9.97. The highest BCUT2D eigenvalue weighted by atomic mass is 32.2. The molecule has 1 aliphatic rings. The zero-order chi connectivity index (χ0) is 13.0. The zero-order valence-electron chi connectivity index (χ0n) is 11.0. The third-order valence-corrected chi connectivity index (χ3v) is 4.51. The Balaban J connectivity index is 1.98. The molecule has 1 aromatic heterocycles. The van der Waals surface area contributed by atoms with E-state index in [0.29, 0.717) is 5.92 Å². The van der Waals surface area contributed by atoms with E-state index in [-0.39, 0.29) is 12.1 Å². The predicted molar refractivity (Wildman–Crippen MR) is 73.7 cm³/mol. The van der Waals surface area contributed by atoms with Crippen LogP contribution in [0, 0.1) is 12.8 Å². The van der Waals surface area contributed by atoms with Crippen LogP contribution in [0.3, 0.4) is 0 Å². The van der Waals surface area contributed by atoms with Crippen molar-refractivity contribution < 1.29 is 5.11 Å². The summed E-state index contributed by atoms with van der Waals surface area (Å²) in [5.74, 6) is 1.42. The first-order valence-corrected chi connectivity index (χ1v) is 7.46. The summed E-state index contributed by atoms with van der Waals surface area (Å²) in [6.45, 7) is 5.13. The van der Waals surface area contributed by atoms with Crippen LogP contribution >= 0.6 is 11.8 Å². The largest absolute Gasteiger partial charge is 0.394 e. The summed E-state index contributed by atoms with van der Waals surface area (Å²) in [4.78, 5) is 8.60. The van der Waals surface area contributed by atoms with E-state index in [9.17, 15) is 5.11 Å². The van der Waals surface area contributed by atoms with Gasteiger partial charge in [-0.3, -0.25) is 0 Å². The summed E-state index contributed by atoms with van der Waals surface area (Å²) < 4.78 is 0. The molecule has 0 aromatic carbocycles. The molecule has 0 radical (unpaired) electrons. The summed E-state index contributed by atoms with van der Waals surface area (Å²) in [6.07, 6.45) is 6.09. The Morgan fingerprint density at radius 3 is 2.61 bits per heavy atom. The van der Waals surface area contributed by atoms with Gasteiger partial charge in [-0.15, -0.1) is 0 Å². The van der Waals surface area contributed by atoms with Crippen molar-refractivity contribution in [3.8, 4) is 0 Å². The van der Waals surface area contributed by atoms with E-state index in [1.54, 1.807) is 11.8 Å². The summed E-state index contributed by atoms with van der Waals surface area (Å²) in [6, 6.07) is 0. The Kier molecular flexibility index (Phi) is 4.59. The summed E-state index contributed by atoms with van der Waals surface area (Å²) >= 11 is 1.62. The SMILES string of the molecule is CCNC(CO)(CSc1ncc(C)cn1)C1CC1. The predicted octanol–water partition coefficient (Wildman–Crippen LogP) is 1.63. The van der Waals surface area contributed by atoms with E-state index in [4.69, 9.17) is 0 Å². The summed E-state index contributed by atoms with van der Waals surface area (Å²) in [5, 5.41) is 14.0. The Hall–Kier alpha value is -0.650. The Labute approximate surface area is 113 Å². The molecule has 1 unspecified atom stereocenters. The van der Waals surface area contributed by atoms with Crippen molar-refractivity contribution >= 4 is 11.8 Å². The van der Waals surface area contributed by atoms with Crippen LogP contribution in [0.4, 0.5) is 0 Å². The number of rotatable bonds is 7. The number of nitrogens with one attached hydrogen (secondary N) is 1. The number of hydrogen-bond donors (Lipinski definition) is 2. The van der Waals surface area contributed by atoms with Gasteiger partial charge in [-0.1, -0.05) is 18.7 Å². The number of thioether (sulfide) groups is 1. The average Bonchev–Trinajstić information content (AvgIpc) is 3.21. The number of aryl methyl sites for hydroxylation is 1. The molecule has 4 nitrogen and oxygen atoms in total. The van der Waals surface area contributed by atoms with Gasteiger partial charge in [0.1, 0.15) is 0 Å². The van der Waals surface area contributed by atoms with E-state index in [0.717, 1.165) is 23.0 Å². The first-order valence-electron chi connectivity index (χ1n) is 6.47. The molecular formula is C13H21N3OS. The molecular weight excluding hydrogens is 246 g/mol. The summed E-state index contributed by atoms with van der Waals surface area (Å²) in [7, 11) is 0. The fourth-order valence-corrected chi connectivity index (χ4v) is 3.25. The highest BCUT2D eigenvalue weighted by Crippen LogP contribution is 2.41. The molecule has 2 rings (SSSR count). The second kappa shape index (κ2) is 5.99. The number of hydrogen-bond acceptors (Lipinski definition) is 5. The van der Waals surface area contributed by atoms with Crippen LogP contribution in [-0.2, 0) is 0 Å². The third kappa shape index (κ3) is 3.22. The highest BCUT2D eigenvalue weighted by Gasteiger charge is 2.44. The van der Waals surface area contributed by atoms with Gasteiger partial charge in [-0.2, -0.15) is 0 Å². The molecule has 0 spiro atoms. The van der Waals surface area contributed by atoms with E-state index < -0.39 is 0 Å².